The standard InChI is InChI=1S/C19H9Cl6NO2/c20-11-3-9(4-12(21)17(11)24)15-2-1-8(7-16(27)28)19(26-15)10-5-13(22)18(25)14(23)6-10/h1-6H,7H2,(H,27,28). The van der Waals surface area contributed by atoms with Crippen LogP contribution in [-0.2, 0) is 11.2 Å². The molecule has 3 aromatic rings. The monoisotopic (exact) mass is 493 g/mol. The van der Waals surface area contributed by atoms with Crippen LogP contribution in [0.15, 0.2) is 36.4 Å². The normalized spacial score (nSPS) is 10.9. The zero-order valence-electron chi connectivity index (χ0n) is 13.7. The molecule has 0 unspecified atom stereocenters. The molecular weight excluding hydrogens is 487 g/mol. The number of aromatic nitrogens is 1. The van der Waals surface area contributed by atoms with Gasteiger partial charge in [-0.05, 0) is 35.9 Å². The van der Waals surface area contributed by atoms with E-state index in [4.69, 9.17) is 69.6 Å². The largest absolute Gasteiger partial charge is 0.481 e. The van der Waals surface area contributed by atoms with Crippen molar-refractivity contribution in [2.24, 2.45) is 0 Å². The van der Waals surface area contributed by atoms with E-state index in [0.717, 1.165) is 0 Å². The van der Waals surface area contributed by atoms with Crippen molar-refractivity contribution in [2.45, 2.75) is 6.42 Å². The number of hydrogen-bond acceptors (Lipinski definition) is 2. The van der Waals surface area contributed by atoms with Gasteiger partial charge in [-0.25, -0.2) is 4.98 Å². The summed E-state index contributed by atoms with van der Waals surface area (Å²) in [6, 6.07) is 9.75. The summed E-state index contributed by atoms with van der Waals surface area (Å²) < 4.78 is 0. The summed E-state index contributed by atoms with van der Waals surface area (Å²) >= 11 is 36.5. The van der Waals surface area contributed by atoms with E-state index in [2.05, 4.69) is 4.98 Å². The molecule has 0 aliphatic heterocycles. The van der Waals surface area contributed by atoms with Crippen LogP contribution in [0.5, 0.6) is 0 Å². The van der Waals surface area contributed by atoms with Gasteiger partial charge < -0.3 is 5.11 Å². The maximum atomic E-state index is 11.3. The number of halogens is 6. The minimum absolute atomic E-state index is 0.208. The van der Waals surface area contributed by atoms with Gasteiger partial charge in [0.15, 0.2) is 0 Å². The highest BCUT2D eigenvalue weighted by atomic mass is 35.5. The Labute approximate surface area is 190 Å². The molecule has 2 aromatic carbocycles. The Morgan fingerprint density at radius 1 is 0.786 bits per heavy atom. The summed E-state index contributed by atoms with van der Waals surface area (Å²) in [6.07, 6.45) is -0.234. The number of benzene rings is 2. The van der Waals surface area contributed by atoms with E-state index in [1.807, 2.05) is 0 Å². The molecule has 144 valence electrons. The lowest BCUT2D eigenvalue weighted by Gasteiger charge is -2.13. The van der Waals surface area contributed by atoms with Crippen molar-refractivity contribution in [3.63, 3.8) is 0 Å². The van der Waals surface area contributed by atoms with Gasteiger partial charge in [-0.3, -0.25) is 4.79 Å². The topological polar surface area (TPSA) is 50.2 Å². The second-order valence-corrected chi connectivity index (χ2v) is 8.17. The molecule has 0 saturated heterocycles. The molecule has 0 bridgehead atoms. The molecule has 1 heterocycles. The van der Waals surface area contributed by atoms with Gasteiger partial charge >= 0.3 is 5.97 Å². The summed E-state index contributed by atoms with van der Waals surface area (Å²) in [5, 5.41) is 10.7. The number of rotatable bonds is 4. The Kier molecular flexibility index (Phi) is 6.65. The average Bonchev–Trinajstić information content (AvgIpc) is 2.63. The maximum Gasteiger partial charge on any atom is 0.307 e. The number of hydrogen-bond donors (Lipinski definition) is 1. The van der Waals surface area contributed by atoms with E-state index in [1.54, 1.807) is 36.4 Å². The average molecular weight is 496 g/mol. The fourth-order valence-corrected chi connectivity index (χ4v) is 3.79. The molecule has 0 fully saturated rings. The first-order chi connectivity index (χ1) is 13.2. The quantitative estimate of drug-likeness (QED) is 0.373. The van der Waals surface area contributed by atoms with Crippen LogP contribution >= 0.6 is 69.6 Å². The number of carboxylic acids is 1. The van der Waals surface area contributed by atoms with E-state index in [-0.39, 0.29) is 36.6 Å². The molecular formula is C19H9Cl6NO2. The summed E-state index contributed by atoms with van der Waals surface area (Å²) in [6.45, 7) is 0. The van der Waals surface area contributed by atoms with E-state index in [0.29, 0.717) is 28.1 Å². The minimum atomic E-state index is -1.00. The number of pyridine rings is 1. The van der Waals surface area contributed by atoms with Gasteiger partial charge in [-0.2, -0.15) is 0 Å². The predicted molar refractivity (Wildman–Crippen MR) is 117 cm³/mol. The molecule has 9 heteroatoms. The summed E-state index contributed by atoms with van der Waals surface area (Å²) in [4.78, 5) is 15.9. The second-order valence-electron chi connectivity index (χ2n) is 5.78. The van der Waals surface area contributed by atoms with Crippen LogP contribution in [0.4, 0.5) is 0 Å². The Morgan fingerprint density at radius 3 is 1.71 bits per heavy atom. The van der Waals surface area contributed by atoms with E-state index >= 15 is 0 Å². The molecule has 0 spiro atoms. The van der Waals surface area contributed by atoms with Crippen LogP contribution in [0, 0.1) is 0 Å². The highest BCUT2D eigenvalue weighted by Crippen LogP contribution is 2.38. The van der Waals surface area contributed by atoms with Crippen molar-refractivity contribution in [1.82, 2.24) is 4.98 Å². The fourth-order valence-electron chi connectivity index (χ4n) is 2.60. The first kappa shape index (κ1) is 21.5. The third kappa shape index (κ3) is 4.51. The van der Waals surface area contributed by atoms with E-state index < -0.39 is 5.97 Å². The van der Waals surface area contributed by atoms with Crippen LogP contribution < -0.4 is 0 Å². The van der Waals surface area contributed by atoms with Gasteiger partial charge in [0.25, 0.3) is 0 Å². The smallest absolute Gasteiger partial charge is 0.307 e. The number of aliphatic carboxylic acids is 1. The lowest BCUT2D eigenvalue weighted by atomic mass is 10.0. The SMILES string of the molecule is O=C(O)Cc1ccc(-c2cc(Cl)c(Cl)c(Cl)c2)nc1-c1cc(Cl)c(Cl)c(Cl)c1. The zero-order chi connectivity index (χ0) is 20.6. The van der Waals surface area contributed by atoms with Gasteiger partial charge in [-0.15, -0.1) is 0 Å². The number of nitrogens with zero attached hydrogens (tertiary/aromatic N) is 1. The molecule has 3 rings (SSSR count). The zero-order valence-corrected chi connectivity index (χ0v) is 18.3. The van der Waals surface area contributed by atoms with Crippen LogP contribution in [0.1, 0.15) is 5.56 Å². The Morgan fingerprint density at radius 2 is 1.25 bits per heavy atom. The molecule has 3 nitrogen and oxygen atoms in total. The van der Waals surface area contributed by atoms with Crippen LogP contribution in [-0.4, -0.2) is 16.1 Å². The number of carbonyl (C=O) groups is 1. The first-order valence-corrected chi connectivity index (χ1v) is 9.95. The lowest BCUT2D eigenvalue weighted by Crippen LogP contribution is -2.04. The summed E-state index contributed by atoms with van der Waals surface area (Å²) in [5.74, 6) is -1.00. The lowest BCUT2D eigenvalue weighted by molar-refractivity contribution is -0.136. The second kappa shape index (κ2) is 8.66. The molecule has 1 N–H and O–H groups in total. The first-order valence-electron chi connectivity index (χ1n) is 7.69. The van der Waals surface area contributed by atoms with Gasteiger partial charge in [0.2, 0.25) is 0 Å². The molecule has 0 atom stereocenters. The Hall–Kier alpha value is -1.20. The van der Waals surface area contributed by atoms with Gasteiger partial charge in [0.1, 0.15) is 0 Å². The van der Waals surface area contributed by atoms with Gasteiger partial charge in [0.05, 0.1) is 47.9 Å². The molecule has 0 aliphatic rings. The Balaban J connectivity index is 2.22. The van der Waals surface area contributed by atoms with Crippen molar-refractivity contribution in [3.05, 3.63) is 72.1 Å². The molecule has 0 aliphatic carbocycles. The van der Waals surface area contributed by atoms with Gasteiger partial charge in [-0.1, -0.05) is 75.7 Å². The van der Waals surface area contributed by atoms with Crippen LogP contribution in [0.3, 0.4) is 0 Å². The maximum absolute atomic E-state index is 11.3. The van der Waals surface area contributed by atoms with E-state index in [9.17, 15) is 9.90 Å². The van der Waals surface area contributed by atoms with Crippen molar-refractivity contribution < 1.29 is 9.90 Å². The van der Waals surface area contributed by atoms with Crippen LogP contribution in [0.25, 0.3) is 22.5 Å². The molecule has 28 heavy (non-hydrogen) atoms. The molecule has 1 aromatic heterocycles. The van der Waals surface area contributed by atoms with Crippen LogP contribution in [0.2, 0.25) is 30.1 Å². The highest BCUT2D eigenvalue weighted by molar-refractivity contribution is 6.49. The van der Waals surface area contributed by atoms with Crippen molar-refractivity contribution in [3.8, 4) is 22.5 Å². The van der Waals surface area contributed by atoms with Crippen molar-refractivity contribution in [2.75, 3.05) is 0 Å². The Bertz CT molecular complexity index is 1050. The van der Waals surface area contributed by atoms with Crippen molar-refractivity contribution >= 4 is 75.6 Å². The molecule has 0 saturated carbocycles. The van der Waals surface area contributed by atoms with Gasteiger partial charge in [0, 0.05) is 11.1 Å². The third-order valence-electron chi connectivity index (χ3n) is 3.86. The summed E-state index contributed by atoms with van der Waals surface area (Å²) in [7, 11) is 0. The van der Waals surface area contributed by atoms with Crippen molar-refractivity contribution in [1.29, 1.82) is 0 Å². The van der Waals surface area contributed by atoms with E-state index in [1.165, 1.54) is 0 Å². The predicted octanol–water partition coefficient (Wildman–Crippen LogP) is 7.96. The fraction of sp³-hybridized carbons (Fsp3) is 0.0526. The molecule has 0 amide bonds. The highest BCUT2D eigenvalue weighted by Gasteiger charge is 2.16. The number of carboxylic acid groups (broad SMARTS) is 1. The molecule has 0 radical (unpaired) electrons. The summed E-state index contributed by atoms with van der Waals surface area (Å²) in [5.41, 5.74) is 2.56. The minimum Gasteiger partial charge on any atom is -0.481 e. The third-order valence-corrected chi connectivity index (χ3v) is 6.25.